The van der Waals surface area contributed by atoms with Gasteiger partial charge in [-0.2, -0.15) is 0 Å². The quantitative estimate of drug-likeness (QED) is 0.672. The van der Waals surface area contributed by atoms with Gasteiger partial charge in [0.25, 0.3) is 5.56 Å². The monoisotopic (exact) mass is 287 g/mol. The van der Waals surface area contributed by atoms with E-state index in [1.54, 1.807) is 24.3 Å². The molecule has 4 N–H and O–H groups in total. The van der Waals surface area contributed by atoms with Crippen molar-refractivity contribution in [1.82, 2.24) is 10.2 Å². The van der Waals surface area contributed by atoms with Crippen LogP contribution < -0.4 is 10.9 Å². The van der Waals surface area contributed by atoms with E-state index < -0.39 is 17.8 Å². The number of hydrogen-bond donors (Lipinski definition) is 4. The fourth-order valence-corrected chi connectivity index (χ4v) is 2.21. The van der Waals surface area contributed by atoms with Gasteiger partial charge in [0.1, 0.15) is 0 Å². The van der Waals surface area contributed by atoms with Crippen molar-refractivity contribution in [2.24, 2.45) is 11.8 Å². The van der Waals surface area contributed by atoms with E-state index in [9.17, 15) is 14.4 Å². The lowest BCUT2D eigenvalue weighted by Crippen LogP contribution is -2.16. The number of carbonyl (C=O) groups is 2. The van der Waals surface area contributed by atoms with Gasteiger partial charge >= 0.3 is 5.97 Å². The van der Waals surface area contributed by atoms with Crippen LogP contribution in [0.2, 0.25) is 0 Å². The van der Waals surface area contributed by atoms with Crippen molar-refractivity contribution >= 4 is 17.6 Å². The molecule has 3 rings (SSSR count). The first-order valence-corrected chi connectivity index (χ1v) is 6.46. The molecule has 2 atom stereocenters. The highest BCUT2D eigenvalue weighted by molar-refractivity contribution is 5.98. The van der Waals surface area contributed by atoms with E-state index in [-0.39, 0.29) is 11.5 Å². The topological polar surface area (TPSA) is 115 Å². The molecule has 2 aromatic rings. The van der Waals surface area contributed by atoms with Gasteiger partial charge in [-0.3, -0.25) is 24.6 Å². The van der Waals surface area contributed by atoms with Crippen molar-refractivity contribution in [2.75, 3.05) is 5.32 Å². The predicted octanol–water partition coefficient (Wildman–Crippen LogP) is 1.03. The number of carboxylic acids is 1. The lowest BCUT2D eigenvalue weighted by molar-refractivity contribution is -0.139. The number of carbonyl (C=O) groups excluding carboxylic acids is 1. The van der Waals surface area contributed by atoms with Crippen LogP contribution in [0.4, 0.5) is 5.69 Å². The molecule has 1 aliphatic rings. The summed E-state index contributed by atoms with van der Waals surface area (Å²) in [5, 5.41) is 16.7. The van der Waals surface area contributed by atoms with Crippen molar-refractivity contribution in [3.63, 3.8) is 0 Å². The molecule has 1 fully saturated rings. The van der Waals surface area contributed by atoms with Crippen molar-refractivity contribution < 1.29 is 14.7 Å². The summed E-state index contributed by atoms with van der Waals surface area (Å²) in [4.78, 5) is 33.6. The summed E-state index contributed by atoms with van der Waals surface area (Å²) < 4.78 is 0. The number of rotatable bonds is 4. The minimum atomic E-state index is -0.929. The van der Waals surface area contributed by atoms with E-state index in [0.29, 0.717) is 17.8 Å². The maximum absolute atomic E-state index is 11.8. The maximum atomic E-state index is 11.8. The molecule has 1 aromatic carbocycles. The Labute approximate surface area is 119 Å². The number of hydrogen-bond acceptors (Lipinski definition) is 3. The summed E-state index contributed by atoms with van der Waals surface area (Å²) in [7, 11) is 0. The highest BCUT2D eigenvalue weighted by atomic mass is 16.4. The Kier molecular flexibility index (Phi) is 3.09. The second-order valence-electron chi connectivity index (χ2n) is 5.03. The Bertz CT molecular complexity index is 744. The summed E-state index contributed by atoms with van der Waals surface area (Å²) in [5.41, 5.74) is 1.85. The molecule has 1 aliphatic carbocycles. The zero-order valence-corrected chi connectivity index (χ0v) is 10.9. The number of aromatic nitrogens is 2. The smallest absolute Gasteiger partial charge is 0.307 e. The van der Waals surface area contributed by atoms with Crippen LogP contribution in [0.1, 0.15) is 6.42 Å². The standard InChI is InChI=1S/C14H13N3O4/c18-12-6-11(16-17-12)7-1-3-8(4-2-7)15-13(19)9-5-10(9)14(20)21/h1-4,6,9-10H,5H2,(H,15,19)(H,20,21)(H2,16,17,18)/t9-,10+/m1/s1. The first kappa shape index (κ1) is 13.2. The zero-order valence-electron chi connectivity index (χ0n) is 10.9. The molecule has 0 bridgehead atoms. The molecule has 1 aromatic heterocycles. The first-order valence-electron chi connectivity index (χ1n) is 6.46. The molecule has 1 saturated carbocycles. The van der Waals surface area contributed by atoms with Gasteiger partial charge in [-0.05, 0) is 24.1 Å². The summed E-state index contributed by atoms with van der Waals surface area (Å²) in [6.45, 7) is 0. The number of anilines is 1. The zero-order chi connectivity index (χ0) is 15.0. The van der Waals surface area contributed by atoms with Crippen molar-refractivity contribution in [2.45, 2.75) is 6.42 Å². The van der Waals surface area contributed by atoms with Gasteiger partial charge < -0.3 is 10.4 Å². The fourth-order valence-electron chi connectivity index (χ4n) is 2.21. The molecular weight excluding hydrogens is 274 g/mol. The van der Waals surface area contributed by atoms with Gasteiger partial charge in [-0.1, -0.05) is 12.1 Å². The van der Waals surface area contributed by atoms with E-state index in [0.717, 1.165) is 5.56 Å². The average Bonchev–Trinajstić information content (AvgIpc) is 3.16. The highest BCUT2D eigenvalue weighted by Gasteiger charge is 2.48. The fraction of sp³-hybridized carbons (Fsp3) is 0.214. The van der Waals surface area contributed by atoms with Crippen LogP contribution in [0, 0.1) is 11.8 Å². The summed E-state index contributed by atoms with van der Waals surface area (Å²) >= 11 is 0. The van der Waals surface area contributed by atoms with E-state index in [1.807, 2.05) is 0 Å². The molecule has 0 saturated heterocycles. The van der Waals surface area contributed by atoms with Gasteiger partial charge in [0.15, 0.2) is 0 Å². The van der Waals surface area contributed by atoms with Crippen molar-refractivity contribution in [3.8, 4) is 11.3 Å². The summed E-state index contributed by atoms with van der Waals surface area (Å²) in [6.07, 6.45) is 0.393. The molecule has 0 spiro atoms. The minimum absolute atomic E-state index is 0.212. The Balaban J connectivity index is 1.66. The molecule has 0 aliphatic heterocycles. The molecule has 1 heterocycles. The number of amides is 1. The number of aliphatic carboxylic acids is 1. The molecule has 1 amide bonds. The normalized spacial score (nSPS) is 20.0. The van der Waals surface area contributed by atoms with Gasteiger partial charge in [0.2, 0.25) is 5.91 Å². The van der Waals surface area contributed by atoms with Crippen LogP contribution >= 0.6 is 0 Å². The highest BCUT2D eigenvalue weighted by Crippen LogP contribution is 2.39. The van der Waals surface area contributed by atoms with E-state index in [2.05, 4.69) is 15.5 Å². The Morgan fingerprint density at radius 3 is 2.38 bits per heavy atom. The van der Waals surface area contributed by atoms with Crippen LogP contribution in [0.3, 0.4) is 0 Å². The van der Waals surface area contributed by atoms with Crippen molar-refractivity contribution in [1.29, 1.82) is 0 Å². The lowest BCUT2D eigenvalue weighted by Gasteiger charge is -2.05. The molecule has 7 heteroatoms. The second kappa shape index (κ2) is 4.93. The molecule has 21 heavy (non-hydrogen) atoms. The summed E-state index contributed by atoms with van der Waals surface area (Å²) in [6, 6.07) is 8.37. The Morgan fingerprint density at radius 1 is 1.14 bits per heavy atom. The molecule has 0 radical (unpaired) electrons. The van der Waals surface area contributed by atoms with Crippen LogP contribution in [-0.4, -0.2) is 27.2 Å². The van der Waals surface area contributed by atoms with Gasteiger partial charge in [0, 0.05) is 11.8 Å². The molecular formula is C14H13N3O4. The maximum Gasteiger partial charge on any atom is 0.307 e. The SMILES string of the molecule is O=C(O)[C@H]1C[C@H]1C(=O)Nc1ccc(-c2cc(=O)[nH][nH]2)cc1. The van der Waals surface area contributed by atoms with E-state index >= 15 is 0 Å². The van der Waals surface area contributed by atoms with Gasteiger partial charge in [-0.15, -0.1) is 0 Å². The number of aromatic amines is 2. The average molecular weight is 287 g/mol. The van der Waals surface area contributed by atoms with Crippen molar-refractivity contribution in [3.05, 3.63) is 40.7 Å². The second-order valence-corrected chi connectivity index (χ2v) is 5.03. The third-order valence-electron chi connectivity index (χ3n) is 3.50. The minimum Gasteiger partial charge on any atom is -0.481 e. The number of carboxylic acid groups (broad SMARTS) is 1. The summed E-state index contributed by atoms with van der Waals surface area (Å²) in [5.74, 6) is -2.20. The number of H-pyrrole nitrogens is 2. The number of nitrogens with one attached hydrogen (secondary N) is 3. The third kappa shape index (κ3) is 2.71. The lowest BCUT2D eigenvalue weighted by atomic mass is 10.1. The van der Waals surface area contributed by atoms with Gasteiger partial charge in [-0.25, -0.2) is 0 Å². The van der Waals surface area contributed by atoms with Crippen LogP contribution in [-0.2, 0) is 9.59 Å². The van der Waals surface area contributed by atoms with Crippen LogP contribution in [0.5, 0.6) is 0 Å². The van der Waals surface area contributed by atoms with Gasteiger partial charge in [0.05, 0.1) is 17.5 Å². The van der Waals surface area contributed by atoms with E-state index in [4.69, 9.17) is 5.11 Å². The first-order chi connectivity index (χ1) is 10.0. The third-order valence-corrected chi connectivity index (χ3v) is 3.50. The van der Waals surface area contributed by atoms with Crippen LogP contribution in [0.25, 0.3) is 11.3 Å². The van der Waals surface area contributed by atoms with E-state index in [1.165, 1.54) is 6.07 Å². The Morgan fingerprint density at radius 2 is 1.86 bits per heavy atom. The molecule has 0 unspecified atom stereocenters. The molecule has 7 nitrogen and oxygen atoms in total. The number of benzene rings is 1. The predicted molar refractivity (Wildman–Crippen MR) is 74.7 cm³/mol. The van der Waals surface area contributed by atoms with Crippen LogP contribution in [0.15, 0.2) is 35.1 Å². The largest absolute Gasteiger partial charge is 0.481 e. The Hall–Kier alpha value is -2.83. The molecule has 108 valence electrons.